The predicted molar refractivity (Wildman–Crippen MR) is 87.8 cm³/mol. The summed E-state index contributed by atoms with van der Waals surface area (Å²) in [5.74, 6) is 2.84. The van der Waals surface area contributed by atoms with E-state index in [1.165, 1.54) is 24.4 Å². The fraction of sp³-hybridized carbons (Fsp3) is 0.647. The lowest BCUT2D eigenvalue weighted by Crippen LogP contribution is -2.27. The lowest BCUT2D eigenvalue weighted by Gasteiger charge is -2.23. The second-order valence-corrected chi connectivity index (χ2v) is 7.35. The molecule has 5 nitrogen and oxygen atoms in total. The van der Waals surface area contributed by atoms with Crippen LogP contribution in [0.15, 0.2) is 18.6 Å². The lowest BCUT2D eigenvalue weighted by atomic mass is 9.93. The zero-order valence-corrected chi connectivity index (χ0v) is 14.1. The molecule has 0 amide bonds. The van der Waals surface area contributed by atoms with Crippen molar-refractivity contribution in [1.82, 2.24) is 24.4 Å². The Labute approximate surface area is 132 Å². The van der Waals surface area contributed by atoms with E-state index in [0.717, 1.165) is 25.5 Å². The van der Waals surface area contributed by atoms with Crippen LogP contribution in [-0.4, -0.2) is 25.6 Å². The summed E-state index contributed by atoms with van der Waals surface area (Å²) in [6.45, 7) is 9.58. The Bertz CT molecular complexity index is 632. The van der Waals surface area contributed by atoms with E-state index in [9.17, 15) is 0 Å². The van der Waals surface area contributed by atoms with Gasteiger partial charge < -0.3 is 14.5 Å². The number of nitrogens with zero attached hydrogens (tertiary/aromatic N) is 4. The molecule has 0 spiro atoms. The van der Waals surface area contributed by atoms with Crippen LogP contribution in [0.2, 0.25) is 0 Å². The molecule has 5 heteroatoms. The molecule has 22 heavy (non-hydrogen) atoms. The first-order valence-corrected chi connectivity index (χ1v) is 8.19. The number of hydrogen-bond acceptors (Lipinski definition) is 3. The number of aromatic nitrogens is 4. The van der Waals surface area contributed by atoms with Crippen molar-refractivity contribution in [3.8, 4) is 0 Å². The van der Waals surface area contributed by atoms with E-state index in [1.54, 1.807) is 0 Å². The molecule has 3 rings (SSSR count). The second-order valence-electron chi connectivity index (χ2n) is 7.35. The number of aryl methyl sites for hydroxylation is 2. The van der Waals surface area contributed by atoms with Gasteiger partial charge in [-0.05, 0) is 12.8 Å². The molecular weight excluding hydrogens is 274 g/mol. The van der Waals surface area contributed by atoms with Crippen molar-refractivity contribution in [2.75, 3.05) is 6.54 Å². The Morgan fingerprint density at radius 2 is 2.18 bits per heavy atom. The van der Waals surface area contributed by atoms with E-state index in [2.05, 4.69) is 46.4 Å². The van der Waals surface area contributed by atoms with Crippen molar-refractivity contribution >= 4 is 0 Å². The monoisotopic (exact) mass is 301 g/mol. The van der Waals surface area contributed by atoms with E-state index >= 15 is 0 Å². The molecule has 0 fully saturated rings. The van der Waals surface area contributed by atoms with Gasteiger partial charge in [-0.15, -0.1) is 0 Å². The Morgan fingerprint density at radius 3 is 2.86 bits per heavy atom. The molecule has 2 aromatic heterocycles. The topological polar surface area (TPSA) is 47.7 Å². The normalized spacial score (nSPS) is 18.5. The van der Waals surface area contributed by atoms with Crippen molar-refractivity contribution in [1.29, 1.82) is 0 Å². The van der Waals surface area contributed by atoms with E-state index in [1.807, 2.05) is 19.4 Å². The van der Waals surface area contributed by atoms with Crippen molar-refractivity contribution in [2.45, 2.75) is 58.0 Å². The summed E-state index contributed by atoms with van der Waals surface area (Å²) in [6.07, 6.45) is 8.54. The summed E-state index contributed by atoms with van der Waals surface area (Å²) in [5, 5.41) is 3.55. The van der Waals surface area contributed by atoms with Crippen LogP contribution < -0.4 is 5.32 Å². The van der Waals surface area contributed by atoms with Crippen LogP contribution in [0.3, 0.4) is 0 Å². The highest BCUT2D eigenvalue weighted by molar-refractivity contribution is 5.17. The van der Waals surface area contributed by atoms with Crippen LogP contribution >= 0.6 is 0 Å². The quantitative estimate of drug-likeness (QED) is 0.944. The first-order chi connectivity index (χ1) is 10.4. The summed E-state index contributed by atoms with van der Waals surface area (Å²) >= 11 is 0. The standard InChI is InChI=1S/C17H27N5/c1-17(2,3)14-12-22-8-5-6-13(16(22)20-14)10-18-11-15-19-7-9-21(15)4/h7,9,12-13,18H,5-6,8,10-11H2,1-4H3/t13-/m1/s1. The van der Waals surface area contributed by atoms with Gasteiger partial charge in [0.2, 0.25) is 0 Å². The molecule has 0 radical (unpaired) electrons. The fourth-order valence-electron chi connectivity index (χ4n) is 3.05. The van der Waals surface area contributed by atoms with Crippen LogP contribution in [0.25, 0.3) is 0 Å². The molecule has 0 aromatic carbocycles. The lowest BCUT2D eigenvalue weighted by molar-refractivity contribution is 0.420. The van der Waals surface area contributed by atoms with E-state index < -0.39 is 0 Å². The number of rotatable bonds is 4. The minimum absolute atomic E-state index is 0.120. The predicted octanol–water partition coefficient (Wildman–Crippen LogP) is 2.58. The van der Waals surface area contributed by atoms with E-state index in [0.29, 0.717) is 5.92 Å². The van der Waals surface area contributed by atoms with Gasteiger partial charge in [-0.3, -0.25) is 0 Å². The summed E-state index contributed by atoms with van der Waals surface area (Å²) < 4.78 is 4.42. The molecule has 1 N–H and O–H groups in total. The maximum atomic E-state index is 4.94. The summed E-state index contributed by atoms with van der Waals surface area (Å²) in [5.41, 5.74) is 1.33. The summed E-state index contributed by atoms with van der Waals surface area (Å²) in [6, 6.07) is 0. The third-order valence-corrected chi connectivity index (χ3v) is 4.49. The Morgan fingerprint density at radius 1 is 1.36 bits per heavy atom. The Balaban J connectivity index is 1.67. The van der Waals surface area contributed by atoms with Gasteiger partial charge in [0.25, 0.3) is 0 Å². The SMILES string of the molecule is Cn1ccnc1CNC[C@H]1CCCn2cc(C(C)(C)C)nc21. The van der Waals surface area contributed by atoms with Crippen molar-refractivity contribution in [2.24, 2.45) is 7.05 Å². The molecule has 2 aromatic rings. The van der Waals surface area contributed by atoms with Crippen LogP contribution in [0, 0.1) is 0 Å². The average molecular weight is 301 g/mol. The smallest absolute Gasteiger partial charge is 0.122 e. The number of hydrogen-bond donors (Lipinski definition) is 1. The van der Waals surface area contributed by atoms with Gasteiger partial charge in [0.05, 0.1) is 12.2 Å². The fourth-order valence-corrected chi connectivity index (χ4v) is 3.05. The second kappa shape index (κ2) is 5.88. The van der Waals surface area contributed by atoms with Crippen molar-refractivity contribution < 1.29 is 0 Å². The van der Waals surface area contributed by atoms with Gasteiger partial charge in [-0.2, -0.15) is 0 Å². The minimum Gasteiger partial charge on any atom is -0.337 e. The highest BCUT2D eigenvalue weighted by Crippen LogP contribution is 2.30. The molecule has 1 aliphatic heterocycles. The first-order valence-electron chi connectivity index (χ1n) is 8.19. The number of nitrogens with one attached hydrogen (secondary N) is 1. The highest BCUT2D eigenvalue weighted by atomic mass is 15.1. The highest BCUT2D eigenvalue weighted by Gasteiger charge is 2.26. The minimum atomic E-state index is 0.120. The molecular formula is C17H27N5. The zero-order chi connectivity index (χ0) is 15.7. The third kappa shape index (κ3) is 3.09. The van der Waals surface area contributed by atoms with Crippen molar-refractivity contribution in [3.63, 3.8) is 0 Å². The maximum Gasteiger partial charge on any atom is 0.122 e. The molecule has 1 atom stereocenters. The van der Waals surface area contributed by atoms with Gasteiger partial charge in [0.15, 0.2) is 0 Å². The Kier molecular flexibility index (Phi) is 4.08. The maximum absolute atomic E-state index is 4.94. The van der Waals surface area contributed by atoms with Crippen LogP contribution in [0.5, 0.6) is 0 Å². The molecule has 0 bridgehead atoms. The van der Waals surface area contributed by atoms with Crippen LogP contribution in [-0.2, 0) is 25.6 Å². The number of imidazole rings is 2. The molecule has 0 saturated heterocycles. The van der Waals surface area contributed by atoms with E-state index in [-0.39, 0.29) is 5.41 Å². The van der Waals surface area contributed by atoms with E-state index in [4.69, 9.17) is 4.98 Å². The zero-order valence-electron chi connectivity index (χ0n) is 14.1. The van der Waals surface area contributed by atoms with Gasteiger partial charge >= 0.3 is 0 Å². The van der Waals surface area contributed by atoms with Gasteiger partial charge in [0, 0.05) is 50.1 Å². The molecule has 3 heterocycles. The average Bonchev–Trinajstić information content (AvgIpc) is 3.05. The third-order valence-electron chi connectivity index (χ3n) is 4.49. The summed E-state index contributed by atoms with van der Waals surface area (Å²) in [7, 11) is 2.03. The molecule has 1 aliphatic rings. The van der Waals surface area contributed by atoms with Gasteiger partial charge in [-0.1, -0.05) is 20.8 Å². The molecule has 120 valence electrons. The molecule has 0 aliphatic carbocycles. The number of fused-ring (bicyclic) bond motifs is 1. The molecule has 0 unspecified atom stereocenters. The Hall–Kier alpha value is -1.62. The molecule has 0 saturated carbocycles. The van der Waals surface area contributed by atoms with Crippen molar-refractivity contribution in [3.05, 3.63) is 35.9 Å². The summed E-state index contributed by atoms with van der Waals surface area (Å²) in [4.78, 5) is 9.30. The van der Waals surface area contributed by atoms with Gasteiger partial charge in [0.1, 0.15) is 11.6 Å². The van der Waals surface area contributed by atoms with Crippen LogP contribution in [0.1, 0.15) is 56.9 Å². The first kappa shape index (κ1) is 15.3. The van der Waals surface area contributed by atoms with Gasteiger partial charge in [-0.25, -0.2) is 9.97 Å². The van der Waals surface area contributed by atoms with Crippen LogP contribution in [0.4, 0.5) is 0 Å². The largest absolute Gasteiger partial charge is 0.337 e.